The van der Waals surface area contributed by atoms with E-state index < -0.39 is 0 Å². The van der Waals surface area contributed by atoms with Crippen LogP contribution in [0.4, 0.5) is 5.82 Å². The Hall–Kier alpha value is -1.69. The molecule has 2 aromatic heterocycles. The monoisotopic (exact) mass is 260 g/mol. The molecule has 3 heterocycles. The fourth-order valence-corrected chi connectivity index (χ4v) is 2.79. The van der Waals surface area contributed by atoms with Crippen LogP contribution in [-0.2, 0) is 13.6 Å². The summed E-state index contributed by atoms with van der Waals surface area (Å²) in [6.45, 7) is 6.38. The molecule has 0 aromatic carbocycles. The fraction of sp³-hybridized carbons (Fsp3) is 0.615. The molecule has 3 rings (SSSR count). The summed E-state index contributed by atoms with van der Waals surface area (Å²) in [5, 5.41) is 5.00. The third-order valence-electron chi connectivity index (χ3n) is 4.07. The van der Waals surface area contributed by atoms with E-state index in [4.69, 9.17) is 5.73 Å². The molecule has 0 amide bonds. The van der Waals surface area contributed by atoms with Crippen LogP contribution in [0.3, 0.4) is 0 Å². The van der Waals surface area contributed by atoms with Crippen molar-refractivity contribution in [3.8, 4) is 0 Å². The molecular formula is C13H20N6. The molecular weight excluding hydrogens is 240 g/mol. The lowest BCUT2D eigenvalue weighted by atomic mass is 10.0. The number of likely N-dealkylation sites (tertiary alicyclic amines) is 1. The van der Waals surface area contributed by atoms with Crippen LogP contribution in [0.2, 0.25) is 0 Å². The summed E-state index contributed by atoms with van der Waals surface area (Å²) in [6, 6.07) is 0. The van der Waals surface area contributed by atoms with Crippen molar-refractivity contribution >= 4 is 16.9 Å². The van der Waals surface area contributed by atoms with Crippen LogP contribution in [0.1, 0.15) is 32.5 Å². The molecule has 0 atom stereocenters. The minimum atomic E-state index is 0.222. The van der Waals surface area contributed by atoms with Crippen LogP contribution in [-0.4, -0.2) is 36.7 Å². The Labute approximate surface area is 112 Å². The van der Waals surface area contributed by atoms with Gasteiger partial charge in [-0.15, -0.1) is 0 Å². The summed E-state index contributed by atoms with van der Waals surface area (Å²) >= 11 is 0. The molecule has 0 unspecified atom stereocenters. The molecule has 1 aliphatic heterocycles. The van der Waals surface area contributed by atoms with Gasteiger partial charge in [0.25, 0.3) is 0 Å². The molecule has 1 fully saturated rings. The second kappa shape index (κ2) is 4.16. The van der Waals surface area contributed by atoms with Gasteiger partial charge in [0.1, 0.15) is 11.6 Å². The Balaban J connectivity index is 1.95. The molecule has 0 saturated carbocycles. The number of rotatable bonds is 2. The minimum Gasteiger partial charge on any atom is -0.383 e. The van der Waals surface area contributed by atoms with E-state index in [1.807, 2.05) is 7.05 Å². The lowest BCUT2D eigenvalue weighted by Crippen LogP contribution is -2.38. The summed E-state index contributed by atoms with van der Waals surface area (Å²) in [6.07, 6.45) is 4.17. The first-order valence-electron chi connectivity index (χ1n) is 6.66. The average molecular weight is 260 g/mol. The topological polar surface area (TPSA) is 72.9 Å². The van der Waals surface area contributed by atoms with E-state index in [-0.39, 0.29) is 5.54 Å². The van der Waals surface area contributed by atoms with Gasteiger partial charge in [-0.05, 0) is 33.2 Å². The first-order valence-corrected chi connectivity index (χ1v) is 6.66. The van der Waals surface area contributed by atoms with Gasteiger partial charge < -0.3 is 5.73 Å². The highest BCUT2D eigenvalue weighted by Gasteiger charge is 2.32. The molecule has 0 radical (unpaired) electrons. The van der Waals surface area contributed by atoms with Gasteiger partial charge in [0.05, 0.1) is 18.1 Å². The molecule has 0 bridgehead atoms. The maximum atomic E-state index is 5.99. The van der Waals surface area contributed by atoms with Crippen LogP contribution in [0.5, 0.6) is 0 Å². The number of aromatic nitrogens is 4. The number of nitrogens with zero attached hydrogens (tertiary/aromatic N) is 5. The van der Waals surface area contributed by atoms with Crippen LogP contribution in [0.25, 0.3) is 11.0 Å². The Kier molecular flexibility index (Phi) is 2.70. The number of hydrogen-bond donors (Lipinski definition) is 1. The first kappa shape index (κ1) is 12.3. The second-order valence-electron chi connectivity index (χ2n) is 5.87. The van der Waals surface area contributed by atoms with Crippen molar-refractivity contribution in [1.82, 2.24) is 24.6 Å². The van der Waals surface area contributed by atoms with E-state index in [0.717, 1.165) is 29.9 Å². The van der Waals surface area contributed by atoms with E-state index in [0.29, 0.717) is 5.82 Å². The van der Waals surface area contributed by atoms with E-state index in [9.17, 15) is 0 Å². The van der Waals surface area contributed by atoms with Crippen molar-refractivity contribution in [1.29, 1.82) is 0 Å². The average Bonchev–Trinajstić information content (AvgIpc) is 2.85. The quantitative estimate of drug-likeness (QED) is 0.881. The number of nitrogens with two attached hydrogens (primary N) is 1. The molecule has 6 heteroatoms. The third kappa shape index (κ3) is 2.06. The number of hydrogen-bond acceptors (Lipinski definition) is 5. The van der Waals surface area contributed by atoms with Crippen molar-refractivity contribution in [2.24, 2.45) is 7.05 Å². The zero-order valence-electron chi connectivity index (χ0n) is 11.7. The van der Waals surface area contributed by atoms with Gasteiger partial charge in [0.15, 0.2) is 5.65 Å². The van der Waals surface area contributed by atoms with Crippen LogP contribution >= 0.6 is 0 Å². The Morgan fingerprint density at radius 1 is 1.37 bits per heavy atom. The van der Waals surface area contributed by atoms with Crippen molar-refractivity contribution in [2.75, 3.05) is 12.3 Å². The zero-order chi connectivity index (χ0) is 13.6. The molecule has 2 aromatic rings. The van der Waals surface area contributed by atoms with Crippen molar-refractivity contribution < 1.29 is 0 Å². The molecule has 0 aliphatic carbocycles. The van der Waals surface area contributed by atoms with E-state index >= 15 is 0 Å². The van der Waals surface area contributed by atoms with Gasteiger partial charge in [-0.3, -0.25) is 9.58 Å². The standard InChI is InChI=1S/C13H20N6/c1-13(2)5-4-6-19(13)8-10-16-11(14)9-7-15-18(3)12(9)17-10/h7H,4-6,8H2,1-3H3,(H2,14,16,17). The van der Waals surface area contributed by atoms with Crippen molar-refractivity contribution in [3.05, 3.63) is 12.0 Å². The highest BCUT2D eigenvalue weighted by atomic mass is 15.3. The molecule has 19 heavy (non-hydrogen) atoms. The summed E-state index contributed by atoms with van der Waals surface area (Å²) in [7, 11) is 1.87. The number of anilines is 1. The van der Waals surface area contributed by atoms with Crippen LogP contribution < -0.4 is 5.73 Å². The van der Waals surface area contributed by atoms with E-state index in [1.165, 1.54) is 12.8 Å². The smallest absolute Gasteiger partial charge is 0.163 e. The highest BCUT2D eigenvalue weighted by molar-refractivity contribution is 5.84. The predicted molar refractivity (Wildman–Crippen MR) is 74.4 cm³/mol. The van der Waals surface area contributed by atoms with Gasteiger partial charge >= 0.3 is 0 Å². The third-order valence-corrected chi connectivity index (χ3v) is 4.07. The summed E-state index contributed by atoms with van der Waals surface area (Å²) in [5.41, 5.74) is 7.02. The maximum Gasteiger partial charge on any atom is 0.163 e. The normalized spacial score (nSPS) is 19.3. The predicted octanol–water partition coefficient (Wildman–Crippen LogP) is 1.32. The largest absolute Gasteiger partial charge is 0.383 e. The van der Waals surface area contributed by atoms with Gasteiger partial charge in [-0.25, -0.2) is 9.97 Å². The summed E-state index contributed by atoms with van der Waals surface area (Å²) < 4.78 is 1.74. The maximum absolute atomic E-state index is 5.99. The van der Waals surface area contributed by atoms with Gasteiger partial charge in [-0.2, -0.15) is 5.10 Å². The van der Waals surface area contributed by atoms with E-state index in [2.05, 4.69) is 33.8 Å². The molecule has 6 nitrogen and oxygen atoms in total. The molecule has 1 saturated heterocycles. The number of nitrogen functional groups attached to an aromatic ring is 1. The summed E-state index contributed by atoms with van der Waals surface area (Å²) in [5.74, 6) is 1.30. The fourth-order valence-electron chi connectivity index (χ4n) is 2.79. The second-order valence-corrected chi connectivity index (χ2v) is 5.87. The first-order chi connectivity index (χ1) is 8.97. The SMILES string of the molecule is Cn1ncc2c(N)nc(CN3CCCC3(C)C)nc21. The van der Waals surface area contributed by atoms with Crippen LogP contribution in [0, 0.1) is 0 Å². The van der Waals surface area contributed by atoms with Crippen molar-refractivity contribution in [2.45, 2.75) is 38.8 Å². The molecule has 102 valence electrons. The van der Waals surface area contributed by atoms with Crippen LogP contribution in [0.15, 0.2) is 6.20 Å². The molecule has 1 aliphatic rings. The van der Waals surface area contributed by atoms with Gasteiger partial charge in [-0.1, -0.05) is 0 Å². The van der Waals surface area contributed by atoms with E-state index in [1.54, 1.807) is 10.9 Å². The Morgan fingerprint density at radius 3 is 2.84 bits per heavy atom. The molecule has 0 spiro atoms. The minimum absolute atomic E-state index is 0.222. The lowest BCUT2D eigenvalue weighted by Gasteiger charge is -2.30. The molecule has 2 N–H and O–H groups in total. The number of fused-ring (bicyclic) bond motifs is 1. The Morgan fingerprint density at radius 2 is 2.16 bits per heavy atom. The van der Waals surface area contributed by atoms with Crippen molar-refractivity contribution in [3.63, 3.8) is 0 Å². The lowest BCUT2D eigenvalue weighted by molar-refractivity contribution is 0.162. The summed E-state index contributed by atoms with van der Waals surface area (Å²) in [4.78, 5) is 11.4. The Bertz CT molecular complexity index is 615. The zero-order valence-corrected chi connectivity index (χ0v) is 11.7. The number of aryl methyl sites for hydroxylation is 1. The highest BCUT2D eigenvalue weighted by Crippen LogP contribution is 2.29. The van der Waals surface area contributed by atoms with Gasteiger partial charge in [0, 0.05) is 12.6 Å². The van der Waals surface area contributed by atoms with Gasteiger partial charge in [0.2, 0.25) is 0 Å².